The van der Waals surface area contributed by atoms with Crippen LogP contribution in [0.3, 0.4) is 0 Å². The average Bonchev–Trinajstić information content (AvgIpc) is 2.58. The molecule has 2 heterocycles. The molecule has 0 aliphatic heterocycles. The number of nitrogens with one attached hydrogen (secondary N) is 2. The van der Waals surface area contributed by atoms with Gasteiger partial charge in [-0.15, -0.1) is 0 Å². The van der Waals surface area contributed by atoms with Gasteiger partial charge in [0.15, 0.2) is 5.82 Å². The van der Waals surface area contributed by atoms with Crippen LogP contribution in [-0.2, 0) is 0 Å². The molecule has 0 unspecified atom stereocenters. The lowest BCUT2D eigenvalue weighted by Crippen LogP contribution is -2.35. The summed E-state index contributed by atoms with van der Waals surface area (Å²) in [5.41, 5.74) is -0.155. The van der Waals surface area contributed by atoms with Gasteiger partial charge in [0.05, 0.1) is 1.37 Å². The van der Waals surface area contributed by atoms with Crippen molar-refractivity contribution >= 4 is 23.5 Å². The minimum Gasteiger partial charge on any atom is -0.343 e. The van der Waals surface area contributed by atoms with Crippen molar-refractivity contribution in [2.45, 2.75) is 38.2 Å². The van der Waals surface area contributed by atoms with Crippen LogP contribution < -0.4 is 10.6 Å². The lowest BCUT2D eigenvalue weighted by molar-refractivity contribution is -0.139. The van der Waals surface area contributed by atoms with Gasteiger partial charge in [-0.2, -0.15) is 41.3 Å². The summed E-state index contributed by atoms with van der Waals surface area (Å²) in [6.07, 6.45) is -10.4. The number of halogens is 7. The second kappa shape index (κ2) is 7.71. The van der Waals surface area contributed by atoms with E-state index in [0.29, 0.717) is 6.92 Å². The highest BCUT2D eigenvalue weighted by atomic mass is 35.5. The monoisotopic (exact) mass is 418 g/mol. The lowest BCUT2D eigenvalue weighted by atomic mass is 10.3. The molecule has 2 aromatic rings. The first-order valence-electron chi connectivity index (χ1n) is 9.01. The first-order valence-corrected chi connectivity index (χ1v) is 7.39. The predicted molar refractivity (Wildman–Crippen MR) is 86.3 cm³/mol. The zero-order valence-electron chi connectivity index (χ0n) is 17.2. The Morgan fingerprint density at radius 2 is 1.63 bits per heavy atom. The molecule has 2 N–H and O–H groups in total. The van der Waals surface area contributed by atoms with Crippen molar-refractivity contribution in [2.24, 2.45) is 0 Å². The highest BCUT2D eigenvalue weighted by Gasteiger charge is 2.38. The molecule has 0 aliphatic rings. The van der Waals surface area contributed by atoms with Gasteiger partial charge in [0, 0.05) is 4.11 Å². The van der Waals surface area contributed by atoms with E-state index in [0.717, 1.165) is 0 Å². The lowest BCUT2D eigenvalue weighted by Gasteiger charge is -2.20. The summed E-state index contributed by atoms with van der Waals surface area (Å²) in [6.45, 7) is -3.25. The zero-order valence-corrected chi connectivity index (χ0v) is 14.0. The van der Waals surface area contributed by atoms with Crippen molar-refractivity contribution in [3.05, 3.63) is 23.4 Å². The van der Waals surface area contributed by atoms with Gasteiger partial charge in [-0.25, -0.2) is 4.98 Å². The SMILES string of the molecule is [2H]C([2H])([2H])[C@@]([2H])(Nc1nc(N[C@H](C)C(F)(F)F)nc(-c2cccc(Cl)n2)n1)C(F)(F)F. The Hall–Kier alpha value is -2.37. The number of rotatable bonds is 5. The minimum atomic E-state index is -5.63. The van der Waals surface area contributed by atoms with Gasteiger partial charge in [-0.3, -0.25) is 0 Å². The van der Waals surface area contributed by atoms with E-state index >= 15 is 0 Å². The van der Waals surface area contributed by atoms with Crippen LogP contribution in [0, 0.1) is 0 Å². The van der Waals surface area contributed by atoms with Crippen molar-refractivity contribution in [2.75, 3.05) is 10.6 Å². The molecule has 148 valence electrons. The Morgan fingerprint density at radius 1 is 1.00 bits per heavy atom. The number of pyridine rings is 1. The smallest absolute Gasteiger partial charge is 0.343 e. The number of nitrogens with zero attached hydrogens (tertiary/aromatic N) is 4. The number of hydrogen-bond donors (Lipinski definition) is 2. The van der Waals surface area contributed by atoms with Crippen LogP contribution in [0.15, 0.2) is 18.2 Å². The van der Waals surface area contributed by atoms with Gasteiger partial charge in [0.25, 0.3) is 0 Å². The molecule has 0 spiro atoms. The molecule has 0 amide bonds. The van der Waals surface area contributed by atoms with E-state index in [-0.39, 0.29) is 10.8 Å². The molecule has 0 saturated carbocycles. The van der Waals surface area contributed by atoms with Crippen LogP contribution in [0.25, 0.3) is 11.5 Å². The fraction of sp³-hybridized carbons (Fsp3) is 0.429. The van der Waals surface area contributed by atoms with E-state index in [1.165, 1.54) is 23.5 Å². The van der Waals surface area contributed by atoms with Gasteiger partial charge in [-0.1, -0.05) is 17.7 Å². The number of alkyl halides is 6. The zero-order chi connectivity index (χ0) is 23.8. The normalized spacial score (nSPS) is 18.4. The molecule has 27 heavy (non-hydrogen) atoms. The average molecular weight is 419 g/mol. The maximum Gasteiger partial charge on any atom is 0.408 e. The molecule has 6 nitrogen and oxygen atoms in total. The Labute approximate surface area is 160 Å². The minimum absolute atomic E-state index is 0.0850. The van der Waals surface area contributed by atoms with Crippen LogP contribution in [-0.4, -0.2) is 44.3 Å². The Bertz CT molecular complexity index is 925. The summed E-state index contributed by atoms with van der Waals surface area (Å²) in [4.78, 5) is 14.4. The van der Waals surface area contributed by atoms with Crippen LogP contribution >= 0.6 is 11.6 Å². The second-order valence-corrected chi connectivity index (χ2v) is 5.44. The highest BCUT2D eigenvalue weighted by molar-refractivity contribution is 6.29. The molecule has 0 aliphatic carbocycles. The molecule has 0 fully saturated rings. The van der Waals surface area contributed by atoms with Crippen molar-refractivity contribution in [3.8, 4) is 11.5 Å². The molecule has 0 bridgehead atoms. The maximum atomic E-state index is 13.4. The van der Waals surface area contributed by atoms with Crippen LogP contribution in [0.1, 0.15) is 19.3 Å². The van der Waals surface area contributed by atoms with E-state index < -0.39 is 49.0 Å². The first kappa shape index (κ1) is 15.7. The summed E-state index contributed by atoms with van der Waals surface area (Å²) >= 11 is 5.73. The van der Waals surface area contributed by atoms with Crippen molar-refractivity contribution in [1.82, 2.24) is 19.9 Å². The molecular weight excluding hydrogens is 402 g/mol. The second-order valence-electron chi connectivity index (χ2n) is 5.06. The largest absolute Gasteiger partial charge is 0.408 e. The van der Waals surface area contributed by atoms with E-state index in [9.17, 15) is 26.3 Å². The van der Waals surface area contributed by atoms with Crippen molar-refractivity contribution in [3.63, 3.8) is 0 Å². The van der Waals surface area contributed by atoms with Gasteiger partial charge in [0.1, 0.15) is 22.9 Å². The topological polar surface area (TPSA) is 75.6 Å². The van der Waals surface area contributed by atoms with E-state index in [1.807, 2.05) is 5.32 Å². The number of aromatic nitrogens is 4. The standard InChI is InChI=1S/C14H13ClF6N6/c1-6(13(16,17)18)22-11-25-10(8-4-3-5-9(15)24-8)26-12(27-11)23-7(2)14(19,20)21/h3-7H,1-2H3,(H2,22,23,25,26,27)/t6-,7-/m1/s1/i1D3,6D. The van der Waals surface area contributed by atoms with Gasteiger partial charge in [-0.05, 0) is 25.9 Å². The van der Waals surface area contributed by atoms with Crippen molar-refractivity contribution < 1.29 is 31.8 Å². The third-order valence-corrected chi connectivity index (χ3v) is 3.15. The van der Waals surface area contributed by atoms with E-state index in [4.69, 9.17) is 17.1 Å². The quantitative estimate of drug-likeness (QED) is 0.556. The van der Waals surface area contributed by atoms with E-state index in [2.05, 4.69) is 19.9 Å². The molecule has 0 saturated heterocycles. The van der Waals surface area contributed by atoms with Crippen LogP contribution in [0.5, 0.6) is 0 Å². The molecule has 2 rings (SSSR count). The van der Waals surface area contributed by atoms with Crippen LogP contribution in [0.4, 0.5) is 38.2 Å². The van der Waals surface area contributed by atoms with Crippen LogP contribution in [0.2, 0.25) is 5.15 Å². The third kappa shape index (κ3) is 5.81. The first-order chi connectivity index (χ1) is 13.9. The number of hydrogen-bond acceptors (Lipinski definition) is 6. The summed E-state index contributed by atoms with van der Waals surface area (Å²) in [5, 5.41) is 3.10. The highest BCUT2D eigenvalue weighted by Crippen LogP contribution is 2.26. The third-order valence-electron chi connectivity index (χ3n) is 2.94. The van der Waals surface area contributed by atoms with Gasteiger partial charge < -0.3 is 10.6 Å². The Morgan fingerprint density at radius 3 is 2.15 bits per heavy atom. The van der Waals surface area contributed by atoms with E-state index in [1.54, 1.807) is 0 Å². The fourth-order valence-corrected chi connectivity index (χ4v) is 1.77. The molecule has 2 aromatic heterocycles. The molecule has 13 heteroatoms. The van der Waals surface area contributed by atoms with Gasteiger partial charge in [0.2, 0.25) is 11.9 Å². The molecule has 2 atom stereocenters. The Balaban J connectivity index is 2.60. The maximum absolute atomic E-state index is 13.4. The van der Waals surface area contributed by atoms with Crippen molar-refractivity contribution in [1.29, 1.82) is 0 Å². The summed E-state index contributed by atoms with van der Waals surface area (Å²) < 4.78 is 107. The van der Waals surface area contributed by atoms with Gasteiger partial charge >= 0.3 is 12.4 Å². The molecule has 0 radical (unpaired) electrons. The molecule has 0 aromatic carbocycles. The summed E-state index contributed by atoms with van der Waals surface area (Å²) in [6, 6.07) is -2.55. The molecular formula is C14H13ClF6N6. The fourth-order valence-electron chi connectivity index (χ4n) is 1.60. The predicted octanol–water partition coefficient (Wildman–Crippen LogP) is 4.31. The Kier molecular flexibility index (Phi) is 4.47. The summed E-state index contributed by atoms with van der Waals surface area (Å²) in [5.74, 6) is -2.48. The number of anilines is 2. The summed E-state index contributed by atoms with van der Waals surface area (Å²) in [7, 11) is 0.